The molecule has 1 unspecified atom stereocenters. The first-order valence-electron chi connectivity index (χ1n) is 6.54. The molecule has 0 saturated heterocycles. The third-order valence-corrected chi connectivity index (χ3v) is 3.65. The van der Waals surface area contributed by atoms with Gasteiger partial charge in [-0.05, 0) is 30.2 Å². The number of pyridine rings is 1. The molecule has 0 fully saturated rings. The fourth-order valence-corrected chi connectivity index (χ4v) is 2.37. The lowest BCUT2D eigenvalue weighted by Gasteiger charge is -2.16. The molecule has 5 nitrogen and oxygen atoms in total. The van der Waals surface area contributed by atoms with Gasteiger partial charge in [0.25, 0.3) is 0 Å². The van der Waals surface area contributed by atoms with E-state index in [0.717, 1.165) is 22.3 Å². The highest BCUT2D eigenvalue weighted by Gasteiger charge is 2.15. The number of aromatic nitrogens is 3. The van der Waals surface area contributed by atoms with Gasteiger partial charge in [-0.25, -0.2) is 4.98 Å². The van der Waals surface area contributed by atoms with E-state index in [1.165, 1.54) is 0 Å². The van der Waals surface area contributed by atoms with E-state index in [9.17, 15) is 0 Å². The summed E-state index contributed by atoms with van der Waals surface area (Å²) in [5.74, 6) is 5.67. The predicted octanol–water partition coefficient (Wildman–Crippen LogP) is 2.43. The quantitative estimate of drug-likeness (QED) is 0.571. The highest BCUT2D eigenvalue weighted by Crippen LogP contribution is 2.22. The molecule has 6 heteroatoms. The standard InChI is InChI=1S/C15H14ClN5/c16-11-8-18-6-5-10(11)7-14(21-17)15-9-19-12-3-1-2-4-13(12)20-15/h1-6,8-9,14,21H,7,17H2. The topological polar surface area (TPSA) is 76.7 Å². The van der Waals surface area contributed by atoms with Crippen LogP contribution in [0.5, 0.6) is 0 Å². The number of fused-ring (bicyclic) bond motifs is 1. The van der Waals surface area contributed by atoms with E-state index in [-0.39, 0.29) is 6.04 Å². The van der Waals surface area contributed by atoms with Crippen LogP contribution in [0.1, 0.15) is 17.3 Å². The number of para-hydroxylation sites is 2. The van der Waals surface area contributed by atoms with E-state index in [1.807, 2.05) is 30.3 Å². The monoisotopic (exact) mass is 299 g/mol. The van der Waals surface area contributed by atoms with Gasteiger partial charge in [-0.3, -0.25) is 21.2 Å². The SMILES string of the molecule is NNC(Cc1ccncc1Cl)c1cnc2ccccc2n1. The summed E-state index contributed by atoms with van der Waals surface area (Å²) in [6.45, 7) is 0. The number of nitrogens with zero attached hydrogens (tertiary/aromatic N) is 3. The molecule has 0 saturated carbocycles. The second kappa shape index (κ2) is 6.13. The lowest BCUT2D eigenvalue weighted by Crippen LogP contribution is -2.30. The molecule has 0 aliphatic carbocycles. The summed E-state index contributed by atoms with van der Waals surface area (Å²) in [5.41, 5.74) is 6.23. The van der Waals surface area contributed by atoms with Crippen molar-refractivity contribution >= 4 is 22.6 Å². The predicted molar refractivity (Wildman–Crippen MR) is 82.6 cm³/mol. The summed E-state index contributed by atoms with van der Waals surface area (Å²) in [4.78, 5) is 13.0. The smallest absolute Gasteiger partial charge is 0.0890 e. The second-order valence-electron chi connectivity index (χ2n) is 4.67. The molecule has 0 amide bonds. The van der Waals surface area contributed by atoms with Gasteiger partial charge in [0.15, 0.2) is 0 Å². The summed E-state index contributed by atoms with van der Waals surface area (Å²) in [6, 6.07) is 9.44. The Labute approximate surface area is 127 Å². The van der Waals surface area contributed by atoms with Crippen molar-refractivity contribution in [3.8, 4) is 0 Å². The van der Waals surface area contributed by atoms with Crippen molar-refractivity contribution in [2.75, 3.05) is 0 Å². The van der Waals surface area contributed by atoms with Gasteiger partial charge in [-0.1, -0.05) is 23.7 Å². The molecule has 106 valence electrons. The van der Waals surface area contributed by atoms with E-state index < -0.39 is 0 Å². The average molecular weight is 300 g/mol. The molecule has 3 aromatic rings. The summed E-state index contributed by atoms with van der Waals surface area (Å²) < 4.78 is 0. The third kappa shape index (κ3) is 3.00. The van der Waals surface area contributed by atoms with E-state index in [1.54, 1.807) is 18.6 Å². The Balaban J connectivity index is 1.93. The van der Waals surface area contributed by atoms with Crippen LogP contribution >= 0.6 is 11.6 Å². The highest BCUT2D eigenvalue weighted by molar-refractivity contribution is 6.31. The Morgan fingerprint density at radius 1 is 1.14 bits per heavy atom. The zero-order valence-corrected chi connectivity index (χ0v) is 12.0. The molecule has 2 aromatic heterocycles. The number of benzene rings is 1. The van der Waals surface area contributed by atoms with Crippen LogP contribution in [0.4, 0.5) is 0 Å². The average Bonchev–Trinajstić information content (AvgIpc) is 2.54. The van der Waals surface area contributed by atoms with Gasteiger partial charge in [-0.2, -0.15) is 0 Å². The fourth-order valence-electron chi connectivity index (χ4n) is 2.18. The molecule has 0 bridgehead atoms. The molecule has 3 rings (SSSR count). The number of hydrogen-bond donors (Lipinski definition) is 2. The molecular weight excluding hydrogens is 286 g/mol. The van der Waals surface area contributed by atoms with Crippen molar-refractivity contribution in [2.24, 2.45) is 5.84 Å². The Morgan fingerprint density at radius 3 is 2.71 bits per heavy atom. The molecule has 0 spiro atoms. The lowest BCUT2D eigenvalue weighted by atomic mass is 10.1. The summed E-state index contributed by atoms with van der Waals surface area (Å²) >= 11 is 6.14. The second-order valence-corrected chi connectivity index (χ2v) is 5.08. The number of halogens is 1. The largest absolute Gasteiger partial charge is 0.271 e. The van der Waals surface area contributed by atoms with E-state index in [0.29, 0.717) is 11.4 Å². The van der Waals surface area contributed by atoms with Crippen molar-refractivity contribution in [1.82, 2.24) is 20.4 Å². The molecule has 0 aliphatic heterocycles. The van der Waals surface area contributed by atoms with Crippen molar-refractivity contribution in [3.05, 3.63) is 65.2 Å². The van der Waals surface area contributed by atoms with Gasteiger partial charge in [0.1, 0.15) is 0 Å². The first-order valence-corrected chi connectivity index (χ1v) is 6.92. The van der Waals surface area contributed by atoms with Crippen LogP contribution in [0.25, 0.3) is 11.0 Å². The van der Waals surface area contributed by atoms with Crippen LogP contribution < -0.4 is 11.3 Å². The zero-order valence-electron chi connectivity index (χ0n) is 11.2. The Morgan fingerprint density at radius 2 is 1.95 bits per heavy atom. The van der Waals surface area contributed by atoms with Gasteiger partial charge < -0.3 is 0 Å². The molecule has 0 radical (unpaired) electrons. The normalized spacial score (nSPS) is 12.5. The third-order valence-electron chi connectivity index (χ3n) is 3.31. The minimum atomic E-state index is -0.165. The Kier molecular flexibility index (Phi) is 4.06. The summed E-state index contributed by atoms with van der Waals surface area (Å²) in [7, 11) is 0. The van der Waals surface area contributed by atoms with Crippen molar-refractivity contribution in [1.29, 1.82) is 0 Å². The first kappa shape index (κ1) is 13.9. The minimum absolute atomic E-state index is 0.165. The van der Waals surface area contributed by atoms with Crippen LogP contribution in [0.2, 0.25) is 5.02 Å². The van der Waals surface area contributed by atoms with Crippen LogP contribution in [-0.2, 0) is 6.42 Å². The van der Waals surface area contributed by atoms with Crippen LogP contribution in [0.15, 0.2) is 48.9 Å². The van der Waals surface area contributed by atoms with E-state index in [2.05, 4.69) is 20.4 Å². The number of nitrogens with one attached hydrogen (secondary N) is 1. The Hall–Kier alpha value is -2.08. The maximum absolute atomic E-state index is 6.14. The number of hydrogen-bond acceptors (Lipinski definition) is 5. The molecule has 2 heterocycles. The maximum atomic E-state index is 6.14. The van der Waals surface area contributed by atoms with Crippen molar-refractivity contribution in [2.45, 2.75) is 12.5 Å². The van der Waals surface area contributed by atoms with Crippen molar-refractivity contribution in [3.63, 3.8) is 0 Å². The van der Waals surface area contributed by atoms with E-state index in [4.69, 9.17) is 17.4 Å². The molecule has 1 atom stereocenters. The number of nitrogens with two attached hydrogens (primary N) is 1. The molecule has 3 N–H and O–H groups in total. The number of rotatable bonds is 4. The first-order chi connectivity index (χ1) is 10.3. The van der Waals surface area contributed by atoms with Gasteiger partial charge in [0, 0.05) is 12.4 Å². The summed E-state index contributed by atoms with van der Waals surface area (Å²) in [5, 5.41) is 0.617. The van der Waals surface area contributed by atoms with E-state index >= 15 is 0 Å². The van der Waals surface area contributed by atoms with Crippen LogP contribution in [-0.4, -0.2) is 15.0 Å². The molecule has 0 aliphatic rings. The Bertz CT molecular complexity index is 762. The molecular formula is C15H14ClN5. The highest BCUT2D eigenvalue weighted by atomic mass is 35.5. The molecule has 21 heavy (non-hydrogen) atoms. The van der Waals surface area contributed by atoms with Gasteiger partial charge >= 0.3 is 0 Å². The van der Waals surface area contributed by atoms with Gasteiger partial charge in [-0.15, -0.1) is 0 Å². The molecule has 1 aromatic carbocycles. The maximum Gasteiger partial charge on any atom is 0.0890 e. The summed E-state index contributed by atoms with van der Waals surface area (Å²) in [6.07, 6.45) is 5.68. The van der Waals surface area contributed by atoms with Crippen LogP contribution in [0, 0.1) is 0 Å². The van der Waals surface area contributed by atoms with Crippen LogP contribution in [0.3, 0.4) is 0 Å². The zero-order chi connectivity index (χ0) is 14.7. The number of hydrazine groups is 1. The lowest BCUT2D eigenvalue weighted by molar-refractivity contribution is 0.538. The van der Waals surface area contributed by atoms with Crippen molar-refractivity contribution < 1.29 is 0 Å². The van der Waals surface area contributed by atoms with Gasteiger partial charge in [0.05, 0.1) is 34.0 Å². The minimum Gasteiger partial charge on any atom is -0.271 e. The fraction of sp³-hybridized carbons (Fsp3) is 0.133. The van der Waals surface area contributed by atoms with Gasteiger partial charge in [0.2, 0.25) is 0 Å².